The SMILES string of the molecule is C/C(=C\CO)[C@H](O[Si](C)(C)C(C)(C)C)[C@H]1C(=O)[C@H](C)CC[C@@H]1C(C)C. The van der Waals surface area contributed by atoms with E-state index in [1.165, 1.54) is 0 Å². The second-order valence-corrected chi connectivity index (χ2v) is 14.5. The van der Waals surface area contributed by atoms with Gasteiger partial charge in [-0.1, -0.05) is 47.6 Å². The molecule has 1 saturated carbocycles. The van der Waals surface area contributed by atoms with E-state index in [0.29, 0.717) is 17.6 Å². The monoisotopic (exact) mass is 368 g/mol. The van der Waals surface area contributed by atoms with E-state index in [0.717, 1.165) is 18.4 Å². The zero-order valence-electron chi connectivity index (χ0n) is 17.8. The number of aliphatic hydroxyl groups is 1. The second kappa shape index (κ2) is 8.49. The Kier molecular flexibility index (Phi) is 7.67. The summed E-state index contributed by atoms with van der Waals surface area (Å²) in [6.07, 6.45) is 3.67. The predicted octanol–water partition coefficient (Wildman–Crippen LogP) is 5.20. The third-order valence-corrected chi connectivity index (χ3v) is 10.9. The van der Waals surface area contributed by atoms with Crippen LogP contribution in [0, 0.1) is 23.7 Å². The van der Waals surface area contributed by atoms with Crippen LogP contribution in [0.3, 0.4) is 0 Å². The van der Waals surface area contributed by atoms with Crippen molar-refractivity contribution in [2.45, 2.75) is 85.5 Å². The van der Waals surface area contributed by atoms with Gasteiger partial charge in [0.05, 0.1) is 12.7 Å². The van der Waals surface area contributed by atoms with Crippen molar-refractivity contribution in [1.29, 1.82) is 0 Å². The van der Waals surface area contributed by atoms with Crippen molar-refractivity contribution in [3.05, 3.63) is 11.6 Å². The predicted molar refractivity (Wildman–Crippen MR) is 108 cm³/mol. The van der Waals surface area contributed by atoms with E-state index in [1.807, 2.05) is 13.0 Å². The van der Waals surface area contributed by atoms with Crippen molar-refractivity contribution in [3.63, 3.8) is 0 Å². The molecular formula is C21H40O3Si. The van der Waals surface area contributed by atoms with Crippen LogP contribution in [0.4, 0.5) is 0 Å². The Morgan fingerprint density at radius 3 is 2.32 bits per heavy atom. The summed E-state index contributed by atoms with van der Waals surface area (Å²) in [5.74, 6) is 1.15. The molecule has 0 aliphatic heterocycles. The smallest absolute Gasteiger partial charge is 0.192 e. The Balaban J connectivity index is 3.33. The van der Waals surface area contributed by atoms with Crippen molar-refractivity contribution in [2.24, 2.45) is 23.7 Å². The number of ketones is 1. The number of rotatable bonds is 6. The molecule has 0 aromatic heterocycles. The maximum atomic E-state index is 13.2. The average molecular weight is 369 g/mol. The Labute approximate surface area is 156 Å². The lowest BCUT2D eigenvalue weighted by Crippen LogP contribution is -2.51. The molecule has 1 rings (SSSR count). The number of hydrogen-bond acceptors (Lipinski definition) is 3. The van der Waals surface area contributed by atoms with Gasteiger partial charge in [-0.05, 0) is 55.3 Å². The Morgan fingerprint density at radius 1 is 1.32 bits per heavy atom. The van der Waals surface area contributed by atoms with E-state index in [2.05, 4.69) is 54.6 Å². The summed E-state index contributed by atoms with van der Waals surface area (Å²) in [5, 5.41) is 9.51. The summed E-state index contributed by atoms with van der Waals surface area (Å²) in [5.41, 5.74) is 1.01. The molecule has 0 aromatic rings. The fourth-order valence-corrected chi connectivity index (χ4v) is 4.95. The number of hydrogen-bond donors (Lipinski definition) is 1. The van der Waals surface area contributed by atoms with Gasteiger partial charge >= 0.3 is 0 Å². The maximum absolute atomic E-state index is 13.2. The minimum absolute atomic E-state index is 0.00793. The molecule has 4 heteroatoms. The number of Topliss-reactive ketones (excluding diaryl/α,β-unsaturated/α-hetero) is 1. The number of carbonyl (C=O) groups is 1. The van der Waals surface area contributed by atoms with Crippen LogP contribution in [0.15, 0.2) is 11.6 Å². The van der Waals surface area contributed by atoms with E-state index < -0.39 is 8.32 Å². The molecule has 0 saturated heterocycles. The van der Waals surface area contributed by atoms with Crippen LogP contribution < -0.4 is 0 Å². The maximum Gasteiger partial charge on any atom is 0.192 e. The molecule has 0 heterocycles. The summed E-state index contributed by atoms with van der Waals surface area (Å²) in [6.45, 7) is 19.7. The third kappa shape index (κ3) is 5.27. The van der Waals surface area contributed by atoms with Gasteiger partial charge in [-0.3, -0.25) is 4.79 Å². The Hall–Kier alpha value is -0.453. The van der Waals surface area contributed by atoms with Crippen LogP contribution in [-0.2, 0) is 9.22 Å². The van der Waals surface area contributed by atoms with E-state index in [4.69, 9.17) is 4.43 Å². The van der Waals surface area contributed by atoms with Gasteiger partial charge in [0.15, 0.2) is 8.32 Å². The molecule has 0 radical (unpaired) electrons. The molecule has 3 nitrogen and oxygen atoms in total. The van der Waals surface area contributed by atoms with Crippen LogP contribution in [0.1, 0.15) is 61.3 Å². The minimum Gasteiger partial charge on any atom is -0.410 e. The lowest BCUT2D eigenvalue weighted by molar-refractivity contribution is -0.135. The van der Waals surface area contributed by atoms with E-state index in [1.54, 1.807) is 0 Å². The topological polar surface area (TPSA) is 46.5 Å². The molecule has 0 spiro atoms. The molecule has 4 atom stereocenters. The highest BCUT2D eigenvalue weighted by Crippen LogP contribution is 2.44. The van der Waals surface area contributed by atoms with Crippen molar-refractivity contribution < 1.29 is 14.3 Å². The van der Waals surface area contributed by atoms with Crippen LogP contribution in [0.5, 0.6) is 0 Å². The molecular weight excluding hydrogens is 328 g/mol. The largest absolute Gasteiger partial charge is 0.410 e. The first-order valence-corrected chi connectivity index (χ1v) is 12.7. The van der Waals surface area contributed by atoms with Gasteiger partial charge in [0.2, 0.25) is 0 Å². The molecule has 0 aromatic carbocycles. The normalized spacial score (nSPS) is 27.7. The fourth-order valence-electron chi connectivity index (χ4n) is 3.63. The van der Waals surface area contributed by atoms with Crippen molar-refractivity contribution in [2.75, 3.05) is 6.61 Å². The summed E-state index contributed by atoms with van der Waals surface area (Å²) >= 11 is 0. The Bertz CT molecular complexity index is 488. The lowest BCUT2D eigenvalue weighted by atomic mass is 9.66. The highest BCUT2D eigenvalue weighted by Gasteiger charge is 2.47. The molecule has 0 bridgehead atoms. The zero-order valence-corrected chi connectivity index (χ0v) is 18.8. The van der Waals surface area contributed by atoms with Gasteiger partial charge in [0.25, 0.3) is 0 Å². The first-order valence-electron chi connectivity index (χ1n) is 9.82. The highest BCUT2D eigenvalue weighted by molar-refractivity contribution is 6.74. The molecule has 25 heavy (non-hydrogen) atoms. The van der Waals surface area contributed by atoms with E-state index >= 15 is 0 Å². The summed E-state index contributed by atoms with van der Waals surface area (Å²) < 4.78 is 6.79. The quantitative estimate of drug-likeness (QED) is 0.517. The van der Waals surface area contributed by atoms with Gasteiger partial charge in [-0.25, -0.2) is 0 Å². The number of aliphatic hydroxyl groups excluding tert-OH is 1. The molecule has 1 N–H and O–H groups in total. The van der Waals surface area contributed by atoms with Gasteiger partial charge in [0, 0.05) is 11.8 Å². The van der Waals surface area contributed by atoms with Crippen molar-refractivity contribution in [1.82, 2.24) is 0 Å². The molecule has 1 aliphatic carbocycles. The van der Waals surface area contributed by atoms with Crippen LogP contribution in [0.2, 0.25) is 18.1 Å². The summed E-state index contributed by atoms with van der Waals surface area (Å²) in [7, 11) is -2.03. The Morgan fingerprint density at radius 2 is 1.88 bits per heavy atom. The van der Waals surface area contributed by atoms with Gasteiger partial charge in [0.1, 0.15) is 5.78 Å². The molecule has 146 valence electrons. The van der Waals surface area contributed by atoms with Crippen LogP contribution in [-0.4, -0.2) is 31.9 Å². The van der Waals surface area contributed by atoms with Crippen molar-refractivity contribution >= 4 is 14.1 Å². The first kappa shape index (κ1) is 22.6. The molecule has 0 amide bonds. The first-order chi connectivity index (χ1) is 11.3. The van der Waals surface area contributed by atoms with E-state index in [9.17, 15) is 9.90 Å². The molecule has 0 unspecified atom stereocenters. The fraction of sp³-hybridized carbons (Fsp3) is 0.857. The number of carbonyl (C=O) groups excluding carboxylic acids is 1. The standard InChI is InChI=1S/C21H40O3Si/c1-14(2)17-11-10-15(3)19(23)18(17)20(16(4)12-13-22)24-25(8,9)21(5,6)7/h12,14-15,17-18,20,22H,10-11,13H2,1-9H3/b16-12+/t15-,17-,18-,20+/m1/s1. The zero-order chi connectivity index (χ0) is 19.6. The summed E-state index contributed by atoms with van der Waals surface area (Å²) in [6, 6.07) is 0. The minimum atomic E-state index is -2.03. The van der Waals surface area contributed by atoms with Gasteiger partial charge in [-0.2, -0.15) is 0 Å². The second-order valence-electron chi connectivity index (χ2n) is 9.74. The lowest BCUT2D eigenvalue weighted by Gasteiger charge is -2.46. The van der Waals surface area contributed by atoms with Crippen molar-refractivity contribution in [3.8, 4) is 0 Å². The highest BCUT2D eigenvalue weighted by atomic mass is 28.4. The summed E-state index contributed by atoms with van der Waals surface area (Å²) in [4.78, 5) is 13.2. The van der Waals surface area contributed by atoms with Gasteiger partial charge < -0.3 is 9.53 Å². The molecule has 1 aliphatic rings. The van der Waals surface area contributed by atoms with Gasteiger partial charge in [-0.15, -0.1) is 0 Å². The average Bonchev–Trinajstić information content (AvgIpc) is 2.46. The third-order valence-electron chi connectivity index (χ3n) is 6.48. The van der Waals surface area contributed by atoms with Crippen LogP contribution in [0.25, 0.3) is 0 Å². The molecule has 1 fully saturated rings. The van der Waals surface area contributed by atoms with Crippen LogP contribution >= 0.6 is 0 Å². The van der Waals surface area contributed by atoms with E-state index in [-0.39, 0.29) is 29.6 Å².